The zero-order valence-electron chi connectivity index (χ0n) is 20.6. The van der Waals surface area contributed by atoms with Crippen LogP contribution in [-0.2, 0) is 0 Å². The van der Waals surface area contributed by atoms with E-state index in [9.17, 15) is 0 Å². The zero-order valence-corrected chi connectivity index (χ0v) is 20.6. The summed E-state index contributed by atoms with van der Waals surface area (Å²) >= 11 is 0. The van der Waals surface area contributed by atoms with Crippen LogP contribution in [0.4, 0.5) is 0 Å². The third-order valence-corrected chi connectivity index (χ3v) is 7.72. The van der Waals surface area contributed by atoms with Gasteiger partial charge in [-0.2, -0.15) is 0 Å². The van der Waals surface area contributed by atoms with Gasteiger partial charge in [-0.15, -0.1) is 0 Å². The third kappa shape index (κ3) is 3.14. The first-order valence-corrected chi connectivity index (χ1v) is 12.9. The molecule has 0 atom stereocenters. The van der Waals surface area contributed by atoms with Crippen molar-refractivity contribution in [2.45, 2.75) is 0 Å². The highest BCUT2D eigenvalue weighted by atomic mass is 14.7. The molecule has 0 saturated heterocycles. The summed E-state index contributed by atoms with van der Waals surface area (Å²) in [5.74, 6) is 0. The Morgan fingerprint density at radius 1 is 0.395 bits per heavy atom. The summed E-state index contributed by atoms with van der Waals surface area (Å²) in [6.07, 6.45) is 3.77. The van der Waals surface area contributed by atoms with Crippen molar-refractivity contribution in [1.29, 1.82) is 0 Å². The molecule has 2 heterocycles. The van der Waals surface area contributed by atoms with Crippen molar-refractivity contribution in [2.75, 3.05) is 0 Å². The van der Waals surface area contributed by atoms with Gasteiger partial charge in [-0.3, -0.25) is 9.97 Å². The molecule has 8 aromatic rings. The molecule has 2 aromatic heterocycles. The van der Waals surface area contributed by atoms with Gasteiger partial charge in [0.1, 0.15) is 0 Å². The predicted molar refractivity (Wildman–Crippen MR) is 160 cm³/mol. The molecule has 6 aromatic carbocycles. The van der Waals surface area contributed by atoms with Crippen molar-refractivity contribution in [3.8, 4) is 22.4 Å². The van der Waals surface area contributed by atoms with Gasteiger partial charge >= 0.3 is 0 Å². The molecule has 2 heteroatoms. The second-order valence-electron chi connectivity index (χ2n) is 9.82. The average molecular weight is 483 g/mol. The number of pyridine rings is 2. The van der Waals surface area contributed by atoms with E-state index in [2.05, 4.69) is 120 Å². The number of hydrogen-bond acceptors (Lipinski definition) is 2. The smallest absolute Gasteiger partial charge is 0.0714 e. The van der Waals surface area contributed by atoms with Gasteiger partial charge in [0.05, 0.1) is 11.2 Å². The fraction of sp³-hybridized carbons (Fsp3) is 0. The van der Waals surface area contributed by atoms with E-state index in [-0.39, 0.29) is 0 Å². The van der Waals surface area contributed by atoms with E-state index in [1.54, 1.807) is 0 Å². The van der Waals surface area contributed by atoms with Crippen LogP contribution in [0.3, 0.4) is 0 Å². The minimum atomic E-state index is 0.971. The molecule has 0 bridgehead atoms. The highest BCUT2D eigenvalue weighted by Crippen LogP contribution is 2.42. The molecular formula is C36H22N2. The summed E-state index contributed by atoms with van der Waals surface area (Å²) in [6.45, 7) is 0. The molecule has 2 nitrogen and oxygen atoms in total. The van der Waals surface area contributed by atoms with Crippen LogP contribution in [0.15, 0.2) is 134 Å². The normalized spacial score (nSPS) is 11.7. The minimum Gasteiger partial charge on any atom is -0.256 e. The molecule has 0 N–H and O–H groups in total. The Hall–Kier alpha value is -5.08. The molecule has 0 saturated carbocycles. The maximum atomic E-state index is 4.88. The number of hydrogen-bond donors (Lipinski definition) is 0. The van der Waals surface area contributed by atoms with Gasteiger partial charge < -0.3 is 0 Å². The van der Waals surface area contributed by atoms with E-state index in [0.717, 1.165) is 33.3 Å². The lowest BCUT2D eigenvalue weighted by Crippen LogP contribution is -1.91. The Morgan fingerprint density at radius 2 is 1.03 bits per heavy atom. The van der Waals surface area contributed by atoms with Crippen molar-refractivity contribution >= 4 is 54.0 Å². The van der Waals surface area contributed by atoms with Crippen LogP contribution in [0.25, 0.3) is 76.4 Å². The summed E-state index contributed by atoms with van der Waals surface area (Å²) in [5.41, 5.74) is 5.39. The molecule has 0 spiro atoms. The second-order valence-corrected chi connectivity index (χ2v) is 9.82. The quantitative estimate of drug-likeness (QED) is 0.229. The molecule has 0 aliphatic rings. The first-order valence-electron chi connectivity index (χ1n) is 12.9. The van der Waals surface area contributed by atoms with Gasteiger partial charge in [-0.1, -0.05) is 91.0 Å². The van der Waals surface area contributed by atoms with Gasteiger partial charge in [0.2, 0.25) is 0 Å². The van der Waals surface area contributed by atoms with E-state index in [4.69, 9.17) is 4.98 Å². The second kappa shape index (κ2) is 8.22. The Labute approximate surface area is 219 Å². The van der Waals surface area contributed by atoms with Crippen LogP contribution in [0, 0.1) is 0 Å². The standard InChI is InChI=1S/C36H22N2/c1-2-11-28-26(9-1)27-10-3-5-13-30(27)36-31-14-6-4-12-29(31)32(22-33(28)36)35-21-25(17-19-38-35)24-16-15-23-8-7-18-37-34(23)20-24/h1-22H. The van der Waals surface area contributed by atoms with E-state index >= 15 is 0 Å². The largest absolute Gasteiger partial charge is 0.256 e. The molecule has 0 unspecified atom stereocenters. The van der Waals surface area contributed by atoms with Crippen LogP contribution in [0.5, 0.6) is 0 Å². The van der Waals surface area contributed by atoms with Gasteiger partial charge in [-0.05, 0) is 84.5 Å². The number of benzene rings is 6. The first kappa shape index (κ1) is 21.0. The lowest BCUT2D eigenvalue weighted by Gasteiger charge is -2.16. The topological polar surface area (TPSA) is 25.8 Å². The lowest BCUT2D eigenvalue weighted by atomic mass is 9.88. The maximum Gasteiger partial charge on any atom is 0.0714 e. The van der Waals surface area contributed by atoms with E-state index in [1.165, 1.54) is 43.1 Å². The van der Waals surface area contributed by atoms with Crippen molar-refractivity contribution < 1.29 is 0 Å². The van der Waals surface area contributed by atoms with E-state index < -0.39 is 0 Å². The molecule has 38 heavy (non-hydrogen) atoms. The van der Waals surface area contributed by atoms with Gasteiger partial charge in [0.15, 0.2) is 0 Å². The van der Waals surface area contributed by atoms with Crippen molar-refractivity contribution in [1.82, 2.24) is 9.97 Å². The van der Waals surface area contributed by atoms with E-state index in [1.807, 2.05) is 18.5 Å². The Balaban J connectivity index is 1.44. The number of rotatable bonds is 2. The van der Waals surface area contributed by atoms with Crippen molar-refractivity contribution in [3.63, 3.8) is 0 Å². The fourth-order valence-corrected chi connectivity index (χ4v) is 5.98. The Bertz CT molecular complexity index is 2190. The summed E-state index contributed by atoms with van der Waals surface area (Å²) in [5, 5.41) is 11.3. The van der Waals surface area contributed by atoms with Gasteiger partial charge in [0, 0.05) is 23.3 Å². The van der Waals surface area contributed by atoms with E-state index in [0.29, 0.717) is 0 Å². The van der Waals surface area contributed by atoms with Crippen LogP contribution in [0.2, 0.25) is 0 Å². The Morgan fingerprint density at radius 3 is 1.82 bits per heavy atom. The number of fused-ring (bicyclic) bond motifs is 9. The van der Waals surface area contributed by atoms with Crippen LogP contribution < -0.4 is 0 Å². The van der Waals surface area contributed by atoms with Crippen LogP contribution >= 0.6 is 0 Å². The fourth-order valence-electron chi connectivity index (χ4n) is 5.98. The lowest BCUT2D eigenvalue weighted by molar-refractivity contribution is 1.33. The summed E-state index contributed by atoms with van der Waals surface area (Å²) in [7, 11) is 0. The molecule has 8 rings (SSSR count). The molecule has 176 valence electrons. The Kier molecular flexibility index (Phi) is 4.55. The average Bonchev–Trinajstić information content (AvgIpc) is 3.00. The maximum absolute atomic E-state index is 4.88. The molecule has 0 aliphatic carbocycles. The van der Waals surface area contributed by atoms with Crippen LogP contribution in [0.1, 0.15) is 0 Å². The summed E-state index contributed by atoms with van der Waals surface area (Å²) in [4.78, 5) is 9.44. The third-order valence-electron chi connectivity index (χ3n) is 7.72. The summed E-state index contributed by atoms with van der Waals surface area (Å²) < 4.78 is 0. The summed E-state index contributed by atoms with van der Waals surface area (Å²) in [6, 6.07) is 43.4. The predicted octanol–water partition coefficient (Wildman–Crippen LogP) is 9.58. The molecule has 0 amide bonds. The van der Waals surface area contributed by atoms with Crippen molar-refractivity contribution in [2.24, 2.45) is 0 Å². The van der Waals surface area contributed by atoms with Crippen LogP contribution in [-0.4, -0.2) is 9.97 Å². The first-order chi connectivity index (χ1) is 18.8. The molecular weight excluding hydrogens is 460 g/mol. The molecule has 0 radical (unpaired) electrons. The van der Waals surface area contributed by atoms with Gasteiger partial charge in [0.25, 0.3) is 0 Å². The highest BCUT2D eigenvalue weighted by Gasteiger charge is 2.15. The monoisotopic (exact) mass is 482 g/mol. The SMILES string of the molecule is c1cnc2cc(-c3ccnc(-c4cc5c6ccccc6c6ccccc6c5c5ccccc45)c3)ccc2c1. The number of aromatic nitrogens is 2. The zero-order chi connectivity index (χ0) is 25.1. The molecule has 0 fully saturated rings. The minimum absolute atomic E-state index is 0.971. The number of nitrogens with zero attached hydrogens (tertiary/aromatic N) is 2. The van der Waals surface area contributed by atoms with Gasteiger partial charge in [-0.25, -0.2) is 0 Å². The highest BCUT2D eigenvalue weighted by molar-refractivity contribution is 6.32. The molecule has 0 aliphatic heterocycles. The van der Waals surface area contributed by atoms with Crippen molar-refractivity contribution in [3.05, 3.63) is 134 Å².